The first-order valence-electron chi connectivity index (χ1n) is 10.7. The van der Waals surface area contributed by atoms with E-state index >= 15 is 0 Å². The Morgan fingerprint density at radius 2 is 2.22 bits per heavy atom. The van der Waals surface area contributed by atoms with E-state index in [0.717, 1.165) is 40.9 Å². The first kappa shape index (κ1) is 21.5. The minimum Gasteiger partial charge on any atom is -0.293 e. The molecule has 0 aliphatic heterocycles. The molecule has 4 rings (SSSR count). The first-order valence-corrected chi connectivity index (χ1v) is 10.7. The standard InChI is InChI=1S/C26H25N5O/c1-5-17(10-12-28-4)25-30-22(18-7-6-11-29-15-18)20-8-9-21-16(2)23(32)19(14-27)13-26(21,3)24(20)31-25/h5-7,10-13,15-16,21H,4,8-9H2,1-3H3/b12-10-,17-5+/t16-,21-,26-/m1/s1. The lowest BCUT2D eigenvalue weighted by atomic mass is 9.57. The van der Waals surface area contributed by atoms with Crippen molar-refractivity contribution in [3.8, 4) is 17.3 Å². The Morgan fingerprint density at radius 3 is 2.88 bits per heavy atom. The molecule has 0 N–H and O–H groups in total. The van der Waals surface area contributed by atoms with Gasteiger partial charge in [0.05, 0.1) is 17.0 Å². The molecule has 160 valence electrons. The van der Waals surface area contributed by atoms with Crippen molar-refractivity contribution in [3.63, 3.8) is 0 Å². The molecule has 3 atom stereocenters. The van der Waals surface area contributed by atoms with Crippen molar-refractivity contribution in [2.45, 2.75) is 39.0 Å². The zero-order valence-electron chi connectivity index (χ0n) is 18.5. The molecule has 6 nitrogen and oxygen atoms in total. The van der Waals surface area contributed by atoms with E-state index in [-0.39, 0.29) is 23.2 Å². The third-order valence-corrected chi connectivity index (χ3v) is 6.70. The molecule has 2 aromatic heterocycles. The van der Waals surface area contributed by atoms with Crippen molar-refractivity contribution in [1.29, 1.82) is 5.26 Å². The Kier molecular flexibility index (Phi) is 5.67. The van der Waals surface area contributed by atoms with Crippen LogP contribution in [0.25, 0.3) is 16.8 Å². The third kappa shape index (κ3) is 3.40. The van der Waals surface area contributed by atoms with Gasteiger partial charge in [-0.2, -0.15) is 5.26 Å². The van der Waals surface area contributed by atoms with Crippen LogP contribution in [0.5, 0.6) is 0 Å². The van der Waals surface area contributed by atoms with Crippen LogP contribution in [0.15, 0.2) is 59.5 Å². The molecule has 0 radical (unpaired) electrons. The Labute approximate surface area is 188 Å². The Hall–Kier alpha value is -3.72. The normalized spacial score (nSPS) is 25.0. The van der Waals surface area contributed by atoms with E-state index in [9.17, 15) is 10.1 Å². The van der Waals surface area contributed by atoms with Crippen LogP contribution >= 0.6 is 0 Å². The molecule has 2 heterocycles. The zero-order chi connectivity index (χ0) is 22.9. The predicted molar refractivity (Wildman–Crippen MR) is 125 cm³/mol. The Bertz CT molecular complexity index is 1220. The molecule has 0 aromatic carbocycles. The molecular formula is C26H25N5O. The predicted octanol–water partition coefficient (Wildman–Crippen LogP) is 4.65. The van der Waals surface area contributed by atoms with Crippen molar-refractivity contribution < 1.29 is 4.79 Å². The number of rotatable bonds is 4. The van der Waals surface area contributed by atoms with Gasteiger partial charge >= 0.3 is 0 Å². The summed E-state index contributed by atoms with van der Waals surface area (Å²) in [6.07, 6.45) is 12.3. The van der Waals surface area contributed by atoms with Crippen LogP contribution in [0.2, 0.25) is 0 Å². The number of ketones is 1. The summed E-state index contributed by atoms with van der Waals surface area (Å²) in [5.74, 6) is 0.334. The summed E-state index contributed by atoms with van der Waals surface area (Å²) in [4.78, 5) is 30.8. The van der Waals surface area contributed by atoms with Gasteiger partial charge < -0.3 is 0 Å². The number of fused-ring (bicyclic) bond motifs is 3. The highest BCUT2D eigenvalue weighted by Gasteiger charge is 2.49. The largest absolute Gasteiger partial charge is 0.293 e. The van der Waals surface area contributed by atoms with Crippen LogP contribution in [-0.2, 0) is 16.6 Å². The molecule has 0 unspecified atom stereocenters. The second-order valence-electron chi connectivity index (χ2n) is 8.46. The second-order valence-corrected chi connectivity index (χ2v) is 8.46. The van der Waals surface area contributed by atoms with Gasteiger partial charge in [-0.3, -0.25) is 14.8 Å². The highest BCUT2D eigenvalue weighted by atomic mass is 16.1. The van der Waals surface area contributed by atoms with Crippen LogP contribution < -0.4 is 0 Å². The monoisotopic (exact) mass is 423 g/mol. The van der Waals surface area contributed by atoms with Gasteiger partial charge in [0.1, 0.15) is 6.07 Å². The minimum atomic E-state index is -0.542. The number of aromatic nitrogens is 3. The van der Waals surface area contributed by atoms with Gasteiger partial charge in [-0.05, 0) is 50.6 Å². The van der Waals surface area contributed by atoms with Crippen molar-refractivity contribution >= 4 is 18.1 Å². The lowest BCUT2D eigenvalue weighted by molar-refractivity contribution is -0.121. The average Bonchev–Trinajstić information content (AvgIpc) is 2.82. The summed E-state index contributed by atoms with van der Waals surface area (Å²) in [6.45, 7) is 9.46. The van der Waals surface area contributed by atoms with E-state index in [0.29, 0.717) is 5.82 Å². The quantitative estimate of drug-likeness (QED) is 0.527. The summed E-state index contributed by atoms with van der Waals surface area (Å²) in [6, 6.07) is 6.00. The number of nitrogens with zero attached hydrogens (tertiary/aromatic N) is 5. The van der Waals surface area contributed by atoms with Crippen molar-refractivity contribution in [1.82, 2.24) is 15.0 Å². The maximum atomic E-state index is 12.7. The Balaban J connectivity index is 2.03. The number of allylic oxidation sites excluding steroid dienone is 5. The smallest absolute Gasteiger partial charge is 0.176 e. The highest BCUT2D eigenvalue weighted by Crippen LogP contribution is 2.50. The van der Waals surface area contributed by atoms with Gasteiger partial charge in [0, 0.05) is 46.6 Å². The van der Waals surface area contributed by atoms with Crippen molar-refractivity contribution in [3.05, 3.63) is 71.6 Å². The molecule has 0 fully saturated rings. The highest BCUT2D eigenvalue weighted by molar-refractivity contribution is 6.02. The molecule has 2 aliphatic rings. The van der Waals surface area contributed by atoms with Crippen molar-refractivity contribution in [2.24, 2.45) is 16.8 Å². The summed E-state index contributed by atoms with van der Waals surface area (Å²) in [5, 5.41) is 9.63. The number of nitriles is 1. The topological polar surface area (TPSA) is 91.9 Å². The maximum Gasteiger partial charge on any atom is 0.176 e. The van der Waals surface area contributed by atoms with Gasteiger partial charge in [0.2, 0.25) is 0 Å². The molecule has 0 saturated heterocycles. The van der Waals surface area contributed by atoms with Gasteiger partial charge in [0.25, 0.3) is 0 Å². The number of hydrogen-bond acceptors (Lipinski definition) is 6. The van der Waals surface area contributed by atoms with Gasteiger partial charge in [-0.1, -0.05) is 26.0 Å². The SMILES string of the molecule is C=N/C=C\C(=C/C)c1nc(-c2cccnc2)c2c(n1)[C@]1(C)C=C(C#N)C(=O)[C@H](C)[C@H]1CC2. The van der Waals surface area contributed by atoms with Crippen LogP contribution in [0, 0.1) is 23.2 Å². The van der Waals surface area contributed by atoms with E-state index in [4.69, 9.17) is 9.97 Å². The molecular weight excluding hydrogens is 398 g/mol. The van der Waals surface area contributed by atoms with Gasteiger partial charge in [-0.15, -0.1) is 0 Å². The number of aliphatic imine (C=N–C) groups is 1. The van der Waals surface area contributed by atoms with Crippen LogP contribution in [0.4, 0.5) is 0 Å². The molecule has 6 heteroatoms. The fraction of sp³-hybridized carbons (Fsp3) is 0.308. The molecule has 2 aliphatic carbocycles. The number of carbonyl (C=O) groups excluding carboxylic acids is 1. The van der Waals surface area contributed by atoms with Gasteiger partial charge in [0.15, 0.2) is 11.6 Å². The summed E-state index contributed by atoms with van der Waals surface area (Å²) < 4.78 is 0. The van der Waals surface area contributed by atoms with Gasteiger partial charge in [-0.25, -0.2) is 9.97 Å². The molecule has 0 saturated carbocycles. The molecule has 0 bridgehead atoms. The number of carbonyl (C=O) groups is 1. The van der Waals surface area contributed by atoms with E-state index in [1.165, 1.54) is 0 Å². The number of Topliss-reactive ketones (excluding diaryl/α,β-unsaturated/α-hetero) is 1. The first-order chi connectivity index (χ1) is 15.4. The zero-order valence-corrected chi connectivity index (χ0v) is 18.5. The lowest BCUT2D eigenvalue weighted by Crippen LogP contribution is -2.46. The van der Waals surface area contributed by atoms with E-state index < -0.39 is 5.41 Å². The maximum absolute atomic E-state index is 12.7. The van der Waals surface area contributed by atoms with Crippen molar-refractivity contribution in [2.75, 3.05) is 0 Å². The van der Waals surface area contributed by atoms with Crippen LogP contribution in [-0.4, -0.2) is 27.5 Å². The fourth-order valence-electron chi connectivity index (χ4n) is 5.08. The van der Waals surface area contributed by atoms with Crippen LogP contribution in [0.3, 0.4) is 0 Å². The lowest BCUT2D eigenvalue weighted by Gasteiger charge is -2.45. The third-order valence-electron chi connectivity index (χ3n) is 6.70. The summed E-state index contributed by atoms with van der Waals surface area (Å²) >= 11 is 0. The molecule has 0 amide bonds. The average molecular weight is 424 g/mol. The summed E-state index contributed by atoms with van der Waals surface area (Å²) in [5.41, 5.74) is 4.18. The number of hydrogen-bond donors (Lipinski definition) is 0. The number of pyridine rings is 1. The molecule has 0 spiro atoms. The molecule has 2 aromatic rings. The molecule has 32 heavy (non-hydrogen) atoms. The fourth-order valence-corrected chi connectivity index (χ4v) is 5.08. The van der Waals surface area contributed by atoms with E-state index in [1.807, 2.05) is 44.2 Å². The summed E-state index contributed by atoms with van der Waals surface area (Å²) in [7, 11) is 0. The Morgan fingerprint density at radius 1 is 1.41 bits per heavy atom. The van der Waals surface area contributed by atoms with E-state index in [1.54, 1.807) is 18.6 Å². The van der Waals surface area contributed by atoms with E-state index in [2.05, 4.69) is 29.7 Å². The second kappa shape index (κ2) is 8.43. The van der Waals surface area contributed by atoms with Crippen LogP contribution in [0.1, 0.15) is 44.3 Å². The minimum absolute atomic E-state index is 0.0727.